The molecule has 3 fully saturated rings. The van der Waals surface area contributed by atoms with E-state index in [9.17, 15) is 0 Å². The van der Waals surface area contributed by atoms with E-state index < -0.39 is 0 Å². The van der Waals surface area contributed by atoms with Crippen LogP contribution >= 0.6 is 0 Å². The van der Waals surface area contributed by atoms with Gasteiger partial charge in [-0.05, 0) is 57.5 Å². The van der Waals surface area contributed by atoms with Crippen LogP contribution in [0.3, 0.4) is 0 Å². The Kier molecular flexibility index (Phi) is 2.52. The predicted molar refractivity (Wildman–Crippen MR) is 62.9 cm³/mol. The largest absolute Gasteiger partial charge is 0.314 e. The van der Waals surface area contributed by atoms with E-state index in [1.54, 1.807) is 0 Å². The van der Waals surface area contributed by atoms with Gasteiger partial charge < -0.3 is 10.2 Å². The molecule has 2 nitrogen and oxygen atoms in total. The summed E-state index contributed by atoms with van der Waals surface area (Å²) in [4.78, 5) is 2.62. The average molecular weight is 208 g/mol. The van der Waals surface area contributed by atoms with Crippen molar-refractivity contribution in [2.75, 3.05) is 13.6 Å². The second-order valence-corrected chi connectivity index (χ2v) is 6.10. The Morgan fingerprint density at radius 3 is 2.27 bits per heavy atom. The van der Waals surface area contributed by atoms with Crippen molar-refractivity contribution in [3.63, 3.8) is 0 Å². The Hall–Kier alpha value is -0.0800. The highest BCUT2D eigenvalue weighted by atomic mass is 15.2. The van der Waals surface area contributed by atoms with Gasteiger partial charge in [0.2, 0.25) is 0 Å². The quantitative estimate of drug-likeness (QED) is 0.761. The third-order valence-electron chi connectivity index (χ3n) is 5.04. The minimum absolute atomic E-state index is 0.825. The Morgan fingerprint density at radius 1 is 1.13 bits per heavy atom. The lowest BCUT2D eigenvalue weighted by Crippen LogP contribution is -2.47. The smallest absolute Gasteiger partial charge is 0.0111 e. The molecule has 4 atom stereocenters. The third-order valence-corrected chi connectivity index (χ3v) is 5.04. The van der Waals surface area contributed by atoms with Gasteiger partial charge in [-0.1, -0.05) is 6.92 Å². The molecule has 2 bridgehead atoms. The third kappa shape index (κ3) is 1.94. The van der Waals surface area contributed by atoms with Gasteiger partial charge in [-0.3, -0.25) is 0 Å². The highest BCUT2D eigenvalue weighted by Gasteiger charge is 2.39. The van der Waals surface area contributed by atoms with Crippen molar-refractivity contribution in [1.29, 1.82) is 0 Å². The van der Waals surface area contributed by atoms with Crippen molar-refractivity contribution in [3.05, 3.63) is 0 Å². The van der Waals surface area contributed by atoms with Crippen molar-refractivity contribution in [2.24, 2.45) is 11.8 Å². The molecule has 0 spiro atoms. The minimum atomic E-state index is 0.825. The maximum absolute atomic E-state index is 3.81. The molecule has 15 heavy (non-hydrogen) atoms. The summed E-state index contributed by atoms with van der Waals surface area (Å²) in [6.07, 6.45) is 7.15. The summed E-state index contributed by atoms with van der Waals surface area (Å²) in [5.74, 6) is 2.00. The molecule has 3 aliphatic rings. The highest BCUT2D eigenvalue weighted by Crippen LogP contribution is 2.38. The lowest BCUT2D eigenvalue weighted by molar-refractivity contribution is 0.148. The van der Waals surface area contributed by atoms with Gasteiger partial charge in [0.05, 0.1) is 0 Å². The van der Waals surface area contributed by atoms with Crippen molar-refractivity contribution in [3.8, 4) is 0 Å². The molecule has 86 valence electrons. The normalized spacial score (nSPS) is 49.6. The molecule has 2 heteroatoms. The number of fused-ring (bicyclic) bond motifs is 2. The van der Waals surface area contributed by atoms with Crippen LogP contribution in [0.25, 0.3) is 0 Å². The molecule has 0 aromatic carbocycles. The maximum atomic E-state index is 3.81. The SMILES string of the molecule is CC1CC1CNC1CC2CCC(C1)N2C. The fraction of sp³-hybridized carbons (Fsp3) is 1.00. The van der Waals surface area contributed by atoms with E-state index in [1.807, 2.05) is 0 Å². The van der Waals surface area contributed by atoms with Gasteiger partial charge >= 0.3 is 0 Å². The van der Waals surface area contributed by atoms with Crippen molar-refractivity contribution >= 4 is 0 Å². The van der Waals surface area contributed by atoms with E-state index in [4.69, 9.17) is 0 Å². The lowest BCUT2D eigenvalue weighted by Gasteiger charge is -2.36. The van der Waals surface area contributed by atoms with Crippen LogP contribution in [-0.4, -0.2) is 36.6 Å². The first-order valence-electron chi connectivity index (χ1n) is 6.69. The predicted octanol–water partition coefficient (Wildman–Crippen LogP) is 1.86. The molecular formula is C13H24N2. The van der Waals surface area contributed by atoms with Gasteiger partial charge in [-0.15, -0.1) is 0 Å². The van der Waals surface area contributed by atoms with Crippen LogP contribution in [0.2, 0.25) is 0 Å². The molecule has 2 saturated heterocycles. The lowest BCUT2D eigenvalue weighted by atomic mass is 9.98. The Morgan fingerprint density at radius 2 is 1.73 bits per heavy atom. The molecular weight excluding hydrogens is 184 g/mol. The molecule has 0 amide bonds. The monoisotopic (exact) mass is 208 g/mol. The van der Waals surface area contributed by atoms with E-state index >= 15 is 0 Å². The molecule has 0 aromatic heterocycles. The van der Waals surface area contributed by atoms with Crippen molar-refractivity contribution < 1.29 is 0 Å². The fourth-order valence-electron chi connectivity index (χ4n) is 3.58. The van der Waals surface area contributed by atoms with Crippen LogP contribution in [0.15, 0.2) is 0 Å². The molecule has 2 aliphatic heterocycles. The van der Waals surface area contributed by atoms with E-state index in [-0.39, 0.29) is 0 Å². The van der Waals surface area contributed by atoms with E-state index in [0.29, 0.717) is 0 Å². The van der Waals surface area contributed by atoms with Crippen molar-refractivity contribution in [1.82, 2.24) is 10.2 Å². The number of piperidine rings is 1. The molecule has 1 N–H and O–H groups in total. The van der Waals surface area contributed by atoms with Gasteiger partial charge in [0.1, 0.15) is 0 Å². The minimum Gasteiger partial charge on any atom is -0.314 e. The standard InChI is InChI=1S/C13H24N2/c1-9-5-10(9)8-14-11-6-12-3-4-13(7-11)15(12)2/h9-14H,3-8H2,1-2H3. The van der Waals surface area contributed by atoms with Crippen molar-refractivity contribution in [2.45, 2.75) is 57.2 Å². The first-order chi connectivity index (χ1) is 7.24. The summed E-state index contributed by atoms with van der Waals surface area (Å²) >= 11 is 0. The van der Waals surface area contributed by atoms with Gasteiger partial charge in [0.25, 0.3) is 0 Å². The van der Waals surface area contributed by atoms with E-state index in [2.05, 4.69) is 24.2 Å². The molecule has 3 rings (SSSR count). The number of nitrogens with zero attached hydrogens (tertiary/aromatic N) is 1. The van der Waals surface area contributed by atoms with E-state index in [1.165, 1.54) is 38.6 Å². The zero-order chi connectivity index (χ0) is 10.4. The number of hydrogen-bond acceptors (Lipinski definition) is 2. The van der Waals surface area contributed by atoms with Gasteiger partial charge in [0, 0.05) is 18.1 Å². The second-order valence-electron chi connectivity index (χ2n) is 6.10. The molecule has 0 aromatic rings. The van der Waals surface area contributed by atoms with Crippen LogP contribution in [0, 0.1) is 11.8 Å². The van der Waals surface area contributed by atoms with Gasteiger partial charge in [0.15, 0.2) is 0 Å². The number of nitrogens with one attached hydrogen (secondary N) is 1. The zero-order valence-corrected chi connectivity index (χ0v) is 10.1. The van der Waals surface area contributed by atoms with Crippen LogP contribution in [0.4, 0.5) is 0 Å². The summed E-state index contributed by atoms with van der Waals surface area (Å²) in [5.41, 5.74) is 0. The van der Waals surface area contributed by atoms with E-state index in [0.717, 1.165) is 30.0 Å². The second kappa shape index (κ2) is 3.74. The van der Waals surface area contributed by atoms with Crippen LogP contribution < -0.4 is 5.32 Å². The Labute approximate surface area is 93.4 Å². The zero-order valence-electron chi connectivity index (χ0n) is 10.1. The van der Waals surface area contributed by atoms with Crippen LogP contribution in [0.1, 0.15) is 39.0 Å². The van der Waals surface area contributed by atoms with Gasteiger partial charge in [-0.25, -0.2) is 0 Å². The summed E-state index contributed by atoms with van der Waals surface area (Å²) < 4.78 is 0. The first-order valence-corrected chi connectivity index (χ1v) is 6.69. The van der Waals surface area contributed by atoms with Crippen LogP contribution in [-0.2, 0) is 0 Å². The molecule has 1 aliphatic carbocycles. The maximum Gasteiger partial charge on any atom is 0.0111 e. The molecule has 4 unspecified atom stereocenters. The Bertz CT molecular complexity index is 227. The highest BCUT2D eigenvalue weighted by molar-refractivity contribution is 4.96. The fourth-order valence-corrected chi connectivity index (χ4v) is 3.58. The summed E-state index contributed by atoms with van der Waals surface area (Å²) in [6.45, 7) is 3.67. The molecule has 2 heterocycles. The summed E-state index contributed by atoms with van der Waals surface area (Å²) in [7, 11) is 2.32. The average Bonchev–Trinajstić information content (AvgIpc) is 2.89. The van der Waals surface area contributed by atoms with Gasteiger partial charge in [-0.2, -0.15) is 0 Å². The molecule has 0 radical (unpaired) electrons. The number of hydrogen-bond donors (Lipinski definition) is 1. The number of rotatable bonds is 3. The summed E-state index contributed by atoms with van der Waals surface area (Å²) in [5, 5.41) is 3.81. The topological polar surface area (TPSA) is 15.3 Å². The Balaban J connectivity index is 1.48. The van der Waals surface area contributed by atoms with Crippen LogP contribution in [0.5, 0.6) is 0 Å². The molecule has 1 saturated carbocycles. The summed E-state index contributed by atoms with van der Waals surface area (Å²) in [6, 6.07) is 2.60. The first kappa shape index (κ1) is 10.1.